The predicted octanol–water partition coefficient (Wildman–Crippen LogP) is -0.0288. The van der Waals surface area contributed by atoms with Crippen molar-refractivity contribution < 1.29 is 9.53 Å². The van der Waals surface area contributed by atoms with Crippen LogP contribution in [0.25, 0.3) is 0 Å². The number of ether oxygens (including phenoxy) is 1. The van der Waals surface area contributed by atoms with Gasteiger partial charge < -0.3 is 10.5 Å². The highest BCUT2D eigenvalue weighted by molar-refractivity contribution is 7.99. The highest BCUT2D eigenvalue weighted by Crippen LogP contribution is 2.25. The first kappa shape index (κ1) is 13.9. The fourth-order valence-corrected chi connectivity index (χ4v) is 2.52. The van der Waals surface area contributed by atoms with E-state index in [1.165, 1.54) is 18.9 Å². The van der Waals surface area contributed by atoms with E-state index in [0.29, 0.717) is 11.6 Å². The molecule has 0 aliphatic carbocycles. The molecule has 0 amide bonds. The number of hydrogen-bond donors (Lipinski definition) is 1. The summed E-state index contributed by atoms with van der Waals surface area (Å²) in [4.78, 5) is 11.4. The number of carbonyl (C=O) groups is 1. The zero-order chi connectivity index (χ0) is 13.1. The van der Waals surface area contributed by atoms with Crippen molar-refractivity contribution in [1.82, 2.24) is 20.2 Å². The minimum Gasteiger partial charge on any atom is -0.468 e. The van der Waals surface area contributed by atoms with E-state index in [4.69, 9.17) is 5.73 Å². The van der Waals surface area contributed by atoms with Gasteiger partial charge in [0.1, 0.15) is 5.54 Å². The van der Waals surface area contributed by atoms with Gasteiger partial charge in [-0.25, -0.2) is 4.68 Å². The van der Waals surface area contributed by atoms with Gasteiger partial charge in [0.25, 0.3) is 0 Å². The molecule has 17 heavy (non-hydrogen) atoms. The molecule has 7 nitrogen and oxygen atoms in total. The lowest BCUT2D eigenvalue weighted by atomic mass is 9.98. The Morgan fingerprint density at radius 2 is 2.35 bits per heavy atom. The van der Waals surface area contributed by atoms with Crippen molar-refractivity contribution in [2.45, 2.75) is 36.2 Å². The molecular weight excluding hydrogens is 242 g/mol. The van der Waals surface area contributed by atoms with Crippen LogP contribution in [0.1, 0.15) is 20.3 Å². The molecule has 0 saturated carbocycles. The maximum atomic E-state index is 11.4. The van der Waals surface area contributed by atoms with Crippen molar-refractivity contribution in [1.29, 1.82) is 0 Å². The van der Waals surface area contributed by atoms with Crippen molar-refractivity contribution >= 4 is 17.7 Å². The van der Waals surface area contributed by atoms with Crippen molar-refractivity contribution in [2.24, 2.45) is 12.8 Å². The number of aryl methyl sites for hydroxylation is 1. The maximum absolute atomic E-state index is 11.4. The monoisotopic (exact) mass is 259 g/mol. The van der Waals surface area contributed by atoms with Crippen LogP contribution in [0.5, 0.6) is 0 Å². The van der Waals surface area contributed by atoms with Gasteiger partial charge in [-0.15, -0.1) is 5.10 Å². The average molecular weight is 259 g/mol. The molecular formula is C9H17N5O2S. The zero-order valence-corrected chi connectivity index (χ0v) is 11.2. The lowest BCUT2D eigenvalue weighted by Crippen LogP contribution is -2.47. The summed E-state index contributed by atoms with van der Waals surface area (Å²) in [5, 5.41) is 11.9. The van der Waals surface area contributed by atoms with Gasteiger partial charge in [-0.3, -0.25) is 4.79 Å². The quantitative estimate of drug-likeness (QED) is 0.586. The van der Waals surface area contributed by atoms with E-state index in [1.807, 2.05) is 6.92 Å². The van der Waals surface area contributed by atoms with Crippen molar-refractivity contribution in [3.05, 3.63) is 0 Å². The molecule has 1 heterocycles. The number of carbonyl (C=O) groups excluding carboxylic acids is 1. The van der Waals surface area contributed by atoms with Crippen LogP contribution >= 0.6 is 11.8 Å². The molecule has 2 N–H and O–H groups in total. The first-order chi connectivity index (χ1) is 7.86. The molecule has 1 rings (SSSR count). The first-order valence-electron chi connectivity index (χ1n) is 5.13. The molecule has 2 unspecified atom stereocenters. The Kier molecular flexibility index (Phi) is 4.47. The van der Waals surface area contributed by atoms with Gasteiger partial charge >= 0.3 is 5.97 Å². The van der Waals surface area contributed by atoms with Gasteiger partial charge in [-0.1, -0.05) is 18.7 Å². The molecule has 0 fully saturated rings. The molecule has 0 saturated heterocycles. The van der Waals surface area contributed by atoms with Crippen LogP contribution in [-0.4, -0.2) is 44.1 Å². The van der Waals surface area contributed by atoms with E-state index in [0.717, 1.165) is 0 Å². The molecule has 0 aliphatic heterocycles. The summed E-state index contributed by atoms with van der Waals surface area (Å²) in [6.45, 7) is 3.62. The molecule has 0 aliphatic rings. The average Bonchev–Trinajstić information content (AvgIpc) is 2.62. The molecule has 0 aromatic carbocycles. The number of hydrogen-bond acceptors (Lipinski definition) is 7. The smallest absolute Gasteiger partial charge is 0.325 e. The highest BCUT2D eigenvalue weighted by Gasteiger charge is 2.32. The number of thioether (sulfide) groups is 1. The fourth-order valence-electron chi connectivity index (χ4n) is 1.46. The Hall–Kier alpha value is -1.15. The number of tetrazole rings is 1. The molecule has 96 valence electrons. The van der Waals surface area contributed by atoms with Gasteiger partial charge in [0.15, 0.2) is 0 Å². The van der Waals surface area contributed by atoms with Gasteiger partial charge in [-0.05, 0) is 23.8 Å². The summed E-state index contributed by atoms with van der Waals surface area (Å²) in [7, 11) is 3.09. The Balaban J connectivity index is 2.58. The Bertz CT molecular complexity index is 392. The fraction of sp³-hybridized carbons (Fsp3) is 0.778. The number of methoxy groups -OCH3 is 1. The summed E-state index contributed by atoms with van der Waals surface area (Å²) < 4.78 is 6.23. The predicted molar refractivity (Wildman–Crippen MR) is 63.3 cm³/mol. The molecule has 0 bridgehead atoms. The SMILES string of the molecule is COC(=O)C(C)(N)CC(C)Sc1nnnn1C. The minimum absolute atomic E-state index is 0.105. The topological polar surface area (TPSA) is 95.9 Å². The number of aromatic nitrogens is 4. The van der Waals surface area contributed by atoms with E-state index in [9.17, 15) is 4.79 Å². The lowest BCUT2D eigenvalue weighted by Gasteiger charge is -2.24. The number of esters is 1. The van der Waals surface area contributed by atoms with Crippen molar-refractivity contribution in [3.8, 4) is 0 Å². The van der Waals surface area contributed by atoms with E-state index < -0.39 is 11.5 Å². The summed E-state index contributed by atoms with van der Waals surface area (Å²) >= 11 is 1.47. The number of rotatable bonds is 5. The second kappa shape index (κ2) is 5.46. The summed E-state index contributed by atoms with van der Waals surface area (Å²) in [6.07, 6.45) is 0.483. The van der Waals surface area contributed by atoms with Crippen molar-refractivity contribution in [3.63, 3.8) is 0 Å². The summed E-state index contributed by atoms with van der Waals surface area (Å²) in [5.74, 6) is -0.416. The highest BCUT2D eigenvalue weighted by atomic mass is 32.2. The third-order valence-electron chi connectivity index (χ3n) is 2.25. The Morgan fingerprint density at radius 1 is 1.71 bits per heavy atom. The van der Waals surface area contributed by atoms with E-state index in [1.54, 1.807) is 18.7 Å². The molecule has 0 radical (unpaired) electrons. The van der Waals surface area contributed by atoms with Crippen LogP contribution in [0, 0.1) is 0 Å². The normalized spacial score (nSPS) is 16.3. The third-order valence-corrected chi connectivity index (χ3v) is 3.38. The second-order valence-corrected chi connectivity index (χ2v) is 5.53. The van der Waals surface area contributed by atoms with Crippen LogP contribution in [0.3, 0.4) is 0 Å². The van der Waals surface area contributed by atoms with Crippen LogP contribution in [0.15, 0.2) is 5.16 Å². The second-order valence-electron chi connectivity index (χ2n) is 4.13. The Morgan fingerprint density at radius 3 is 2.82 bits per heavy atom. The van der Waals surface area contributed by atoms with Crippen LogP contribution < -0.4 is 5.73 Å². The molecule has 8 heteroatoms. The van der Waals surface area contributed by atoms with E-state index in [-0.39, 0.29) is 5.25 Å². The van der Waals surface area contributed by atoms with Gasteiger partial charge in [-0.2, -0.15) is 0 Å². The van der Waals surface area contributed by atoms with E-state index >= 15 is 0 Å². The Labute approximate surface area is 104 Å². The summed E-state index contributed by atoms with van der Waals surface area (Å²) in [5.41, 5.74) is 4.90. The maximum Gasteiger partial charge on any atom is 0.325 e. The van der Waals surface area contributed by atoms with Gasteiger partial charge in [0, 0.05) is 12.3 Å². The first-order valence-corrected chi connectivity index (χ1v) is 6.01. The van der Waals surface area contributed by atoms with Crippen LogP contribution in [-0.2, 0) is 16.6 Å². The molecule has 1 aromatic heterocycles. The zero-order valence-electron chi connectivity index (χ0n) is 10.4. The third kappa shape index (κ3) is 3.67. The van der Waals surface area contributed by atoms with Crippen LogP contribution in [0.4, 0.5) is 0 Å². The van der Waals surface area contributed by atoms with E-state index in [2.05, 4.69) is 20.3 Å². The number of nitrogens with two attached hydrogens (primary N) is 1. The molecule has 0 spiro atoms. The molecule has 2 atom stereocenters. The van der Waals surface area contributed by atoms with Gasteiger partial charge in [0.2, 0.25) is 5.16 Å². The van der Waals surface area contributed by atoms with Gasteiger partial charge in [0.05, 0.1) is 7.11 Å². The minimum atomic E-state index is -0.993. The number of nitrogens with zero attached hydrogens (tertiary/aromatic N) is 4. The van der Waals surface area contributed by atoms with Crippen molar-refractivity contribution in [2.75, 3.05) is 7.11 Å². The lowest BCUT2D eigenvalue weighted by molar-refractivity contribution is -0.146. The molecule has 1 aromatic rings. The largest absolute Gasteiger partial charge is 0.468 e. The van der Waals surface area contributed by atoms with Crippen LogP contribution in [0.2, 0.25) is 0 Å². The standard InChI is InChI=1S/C9H17N5O2S/c1-6(5-9(2,10)7(15)16-4)17-8-11-12-13-14(8)3/h6H,5,10H2,1-4H3. The summed E-state index contributed by atoms with van der Waals surface area (Å²) in [6, 6.07) is 0.